The normalized spacial score (nSPS) is 11.7. The number of sulfonamides is 1. The van der Waals surface area contributed by atoms with Gasteiger partial charge in [0, 0.05) is 25.7 Å². The molecule has 0 heterocycles. The van der Waals surface area contributed by atoms with Crippen molar-refractivity contribution >= 4 is 22.0 Å². The number of hydrogen-bond donors (Lipinski definition) is 1. The maximum atomic E-state index is 12.5. The summed E-state index contributed by atoms with van der Waals surface area (Å²) in [5, 5.41) is 2.78. The Morgan fingerprint density at radius 2 is 1.79 bits per heavy atom. The number of nitrogens with one attached hydrogen (secondary N) is 1. The molecule has 2 aromatic carbocycles. The molecular weight excluding hydrogens is 376 g/mol. The fraction of sp³-hybridized carbons (Fsp3) is 0.286. The molecule has 0 fully saturated rings. The Labute approximate surface area is 166 Å². The fourth-order valence-corrected chi connectivity index (χ4v) is 4.12. The van der Waals surface area contributed by atoms with Crippen LogP contribution >= 0.6 is 0 Å². The zero-order valence-corrected chi connectivity index (χ0v) is 17.2. The lowest BCUT2D eigenvalue weighted by molar-refractivity contribution is -0.116. The van der Waals surface area contributed by atoms with E-state index in [0.717, 1.165) is 16.9 Å². The van der Waals surface area contributed by atoms with Crippen molar-refractivity contribution in [3.05, 3.63) is 65.7 Å². The molecule has 0 bridgehead atoms. The van der Waals surface area contributed by atoms with E-state index in [9.17, 15) is 13.2 Å². The van der Waals surface area contributed by atoms with E-state index in [0.29, 0.717) is 19.6 Å². The van der Waals surface area contributed by atoms with Crippen LogP contribution in [0.5, 0.6) is 5.75 Å². The Balaban J connectivity index is 1.95. The van der Waals surface area contributed by atoms with Crippen molar-refractivity contribution in [3.8, 4) is 5.75 Å². The highest BCUT2D eigenvalue weighted by atomic mass is 32.2. The summed E-state index contributed by atoms with van der Waals surface area (Å²) in [5.41, 5.74) is 1.68. The van der Waals surface area contributed by atoms with Gasteiger partial charge in [-0.25, -0.2) is 8.42 Å². The lowest BCUT2D eigenvalue weighted by Gasteiger charge is -2.18. The second-order valence-electron chi connectivity index (χ2n) is 6.06. The Morgan fingerprint density at radius 3 is 2.39 bits per heavy atom. The molecule has 7 heteroatoms. The van der Waals surface area contributed by atoms with E-state index >= 15 is 0 Å². The van der Waals surface area contributed by atoms with Gasteiger partial charge in [-0.3, -0.25) is 4.79 Å². The van der Waals surface area contributed by atoms with E-state index in [1.165, 1.54) is 10.4 Å². The summed E-state index contributed by atoms with van der Waals surface area (Å²) in [6, 6.07) is 14.0. The van der Waals surface area contributed by atoms with Gasteiger partial charge in [0.05, 0.1) is 12.0 Å². The van der Waals surface area contributed by atoms with Crippen molar-refractivity contribution in [1.29, 1.82) is 0 Å². The fourth-order valence-electron chi connectivity index (χ4n) is 2.66. The zero-order chi connectivity index (χ0) is 20.6. The van der Waals surface area contributed by atoms with Crippen molar-refractivity contribution in [2.45, 2.75) is 25.3 Å². The first-order valence-electron chi connectivity index (χ1n) is 9.09. The minimum absolute atomic E-state index is 0.234. The number of carbonyl (C=O) groups is 1. The van der Waals surface area contributed by atoms with Crippen LogP contribution in [0.2, 0.25) is 0 Å². The number of nitrogens with zero attached hydrogens (tertiary/aromatic N) is 1. The third-order valence-electron chi connectivity index (χ3n) is 4.25. The van der Waals surface area contributed by atoms with Gasteiger partial charge in [-0.15, -0.1) is 0 Å². The quantitative estimate of drug-likeness (QED) is 0.654. The molecule has 2 aromatic rings. The zero-order valence-electron chi connectivity index (χ0n) is 16.4. The first-order valence-corrected chi connectivity index (χ1v) is 10.5. The number of benzene rings is 2. The van der Waals surface area contributed by atoms with Crippen molar-refractivity contribution < 1.29 is 17.9 Å². The van der Waals surface area contributed by atoms with Gasteiger partial charge in [-0.1, -0.05) is 38.1 Å². The Hall–Kier alpha value is -2.64. The summed E-state index contributed by atoms with van der Waals surface area (Å²) in [7, 11) is -1.88. The molecule has 1 amide bonds. The van der Waals surface area contributed by atoms with E-state index in [-0.39, 0.29) is 10.8 Å². The number of rotatable bonds is 9. The van der Waals surface area contributed by atoms with Gasteiger partial charge < -0.3 is 10.1 Å². The van der Waals surface area contributed by atoms with Crippen LogP contribution in [0.1, 0.15) is 25.0 Å². The summed E-state index contributed by atoms with van der Waals surface area (Å²) in [5.74, 6) is 0.491. The van der Waals surface area contributed by atoms with E-state index in [1.54, 1.807) is 37.5 Å². The monoisotopic (exact) mass is 402 g/mol. The maximum absolute atomic E-state index is 12.5. The van der Waals surface area contributed by atoms with E-state index < -0.39 is 10.0 Å². The molecule has 0 spiro atoms. The summed E-state index contributed by atoms with van der Waals surface area (Å²) < 4.78 is 31.5. The molecule has 0 atom stereocenters. The number of ether oxygens (including phenoxy) is 1. The number of amides is 1. The molecule has 0 radical (unpaired) electrons. The first-order chi connectivity index (χ1) is 13.4. The molecular formula is C21H26N2O4S. The van der Waals surface area contributed by atoms with Gasteiger partial charge in [0.15, 0.2) is 0 Å². The van der Waals surface area contributed by atoms with Crippen LogP contribution in [-0.2, 0) is 21.4 Å². The molecule has 0 aliphatic rings. The van der Waals surface area contributed by atoms with Crippen LogP contribution in [-0.4, -0.2) is 38.8 Å². The van der Waals surface area contributed by atoms with Gasteiger partial charge in [0.2, 0.25) is 15.9 Å². The minimum atomic E-state index is -3.47. The minimum Gasteiger partial charge on any atom is -0.497 e. The van der Waals surface area contributed by atoms with Gasteiger partial charge in [-0.05, 0) is 41.5 Å². The van der Waals surface area contributed by atoms with Crippen LogP contribution in [0, 0.1) is 0 Å². The molecule has 6 nitrogen and oxygen atoms in total. The summed E-state index contributed by atoms with van der Waals surface area (Å²) in [6.07, 6.45) is 3.16. The van der Waals surface area contributed by atoms with Crippen LogP contribution in [0.25, 0.3) is 6.08 Å². The van der Waals surface area contributed by atoms with Gasteiger partial charge in [-0.2, -0.15) is 4.31 Å². The van der Waals surface area contributed by atoms with Crippen LogP contribution in [0.15, 0.2) is 59.5 Å². The van der Waals surface area contributed by atoms with Crippen molar-refractivity contribution in [2.24, 2.45) is 0 Å². The summed E-state index contributed by atoms with van der Waals surface area (Å²) in [6.45, 7) is 4.79. The van der Waals surface area contributed by atoms with Crippen LogP contribution < -0.4 is 10.1 Å². The molecule has 0 saturated carbocycles. The third-order valence-corrected chi connectivity index (χ3v) is 6.32. The van der Waals surface area contributed by atoms with Crippen LogP contribution in [0.4, 0.5) is 0 Å². The Kier molecular flexibility index (Phi) is 7.78. The number of methoxy groups -OCH3 is 1. The van der Waals surface area contributed by atoms with E-state index in [2.05, 4.69) is 5.32 Å². The van der Waals surface area contributed by atoms with Crippen molar-refractivity contribution in [2.75, 3.05) is 20.2 Å². The predicted molar refractivity (Wildman–Crippen MR) is 110 cm³/mol. The highest BCUT2D eigenvalue weighted by Crippen LogP contribution is 2.16. The van der Waals surface area contributed by atoms with E-state index in [4.69, 9.17) is 4.74 Å². The smallest absolute Gasteiger partial charge is 0.244 e. The second-order valence-corrected chi connectivity index (χ2v) is 8.00. The van der Waals surface area contributed by atoms with Crippen molar-refractivity contribution in [1.82, 2.24) is 9.62 Å². The molecule has 0 unspecified atom stereocenters. The second kappa shape index (κ2) is 10.1. The lowest BCUT2D eigenvalue weighted by atomic mass is 10.2. The van der Waals surface area contributed by atoms with Crippen molar-refractivity contribution in [3.63, 3.8) is 0 Å². The third kappa shape index (κ3) is 5.68. The van der Waals surface area contributed by atoms with Gasteiger partial charge in [0.25, 0.3) is 0 Å². The van der Waals surface area contributed by atoms with Crippen LogP contribution in [0.3, 0.4) is 0 Å². The average molecular weight is 403 g/mol. The topological polar surface area (TPSA) is 75.7 Å². The largest absolute Gasteiger partial charge is 0.497 e. The Morgan fingerprint density at radius 1 is 1.11 bits per heavy atom. The predicted octanol–water partition coefficient (Wildman–Crippen LogP) is 3.06. The molecule has 0 aliphatic heterocycles. The molecule has 2 rings (SSSR count). The number of carbonyl (C=O) groups excluding carboxylic acids is 1. The first kappa shape index (κ1) is 21.7. The summed E-state index contributed by atoms with van der Waals surface area (Å²) >= 11 is 0. The molecule has 1 N–H and O–H groups in total. The SMILES string of the molecule is CCN(CC)S(=O)(=O)c1ccc(CNC(=O)/C=C/c2cccc(OC)c2)cc1. The van der Waals surface area contributed by atoms with Gasteiger partial charge in [0.1, 0.15) is 5.75 Å². The molecule has 28 heavy (non-hydrogen) atoms. The van der Waals surface area contributed by atoms with Gasteiger partial charge >= 0.3 is 0 Å². The maximum Gasteiger partial charge on any atom is 0.244 e. The number of hydrogen-bond acceptors (Lipinski definition) is 4. The molecule has 0 saturated heterocycles. The van der Waals surface area contributed by atoms with E-state index in [1.807, 2.05) is 38.1 Å². The molecule has 150 valence electrons. The summed E-state index contributed by atoms with van der Waals surface area (Å²) in [4.78, 5) is 12.3. The molecule has 0 aromatic heterocycles. The highest BCUT2D eigenvalue weighted by Gasteiger charge is 2.21. The highest BCUT2D eigenvalue weighted by molar-refractivity contribution is 7.89. The standard InChI is InChI=1S/C21H26N2O4S/c1-4-23(5-2)28(25,26)20-12-9-18(10-13-20)16-22-21(24)14-11-17-7-6-8-19(15-17)27-3/h6-15H,4-5,16H2,1-3H3,(H,22,24)/b14-11+. The average Bonchev–Trinajstić information content (AvgIpc) is 2.72. The lowest BCUT2D eigenvalue weighted by Crippen LogP contribution is -2.30. The Bertz CT molecular complexity index is 918. The molecule has 0 aliphatic carbocycles.